The van der Waals surface area contributed by atoms with Gasteiger partial charge >= 0.3 is 0 Å². The first-order chi connectivity index (χ1) is 22.5. The lowest BCUT2D eigenvalue weighted by Crippen LogP contribution is -2.47. The van der Waals surface area contributed by atoms with Gasteiger partial charge in [0.1, 0.15) is 39.7 Å². The van der Waals surface area contributed by atoms with Crippen molar-refractivity contribution in [2.75, 3.05) is 27.9 Å². The van der Waals surface area contributed by atoms with Gasteiger partial charge in [0, 0.05) is 46.5 Å². The Bertz CT molecular complexity index is 2130. The molecule has 5 aromatic rings. The van der Waals surface area contributed by atoms with Gasteiger partial charge in [-0.2, -0.15) is 0 Å². The van der Waals surface area contributed by atoms with Gasteiger partial charge in [0.05, 0.1) is 21.3 Å². The van der Waals surface area contributed by atoms with Crippen molar-refractivity contribution in [2.45, 2.75) is 5.79 Å². The van der Waals surface area contributed by atoms with E-state index in [1.54, 1.807) is 39.5 Å². The van der Waals surface area contributed by atoms with Crippen LogP contribution in [0.5, 0.6) is 57.5 Å². The van der Waals surface area contributed by atoms with Gasteiger partial charge in [0.25, 0.3) is 5.79 Å². The zero-order valence-electron chi connectivity index (χ0n) is 25.1. The number of phenols is 4. The highest BCUT2D eigenvalue weighted by molar-refractivity contribution is 5.92. The van der Waals surface area contributed by atoms with Crippen molar-refractivity contribution in [1.29, 1.82) is 0 Å². The molecule has 3 heterocycles. The minimum absolute atomic E-state index is 0.0298. The number of methoxy groups -OCH3 is 3. The van der Waals surface area contributed by atoms with Crippen LogP contribution in [0.15, 0.2) is 69.9 Å². The van der Waals surface area contributed by atoms with Crippen LogP contribution < -0.4 is 29.1 Å². The summed E-state index contributed by atoms with van der Waals surface area (Å²) >= 11 is 0. The molecule has 0 saturated carbocycles. The van der Waals surface area contributed by atoms with Crippen molar-refractivity contribution < 1.29 is 58.7 Å². The minimum Gasteiger partial charge on any atom is -0.508 e. The van der Waals surface area contributed by atoms with Gasteiger partial charge in [-0.05, 0) is 42.5 Å². The fraction of sp³-hybridized carbons (Fsp3) is 0.147. The molecule has 1 atom stereocenters. The third-order valence-electron chi connectivity index (χ3n) is 7.59. The van der Waals surface area contributed by atoms with Gasteiger partial charge in [0.15, 0.2) is 35.4 Å². The Morgan fingerprint density at radius 1 is 0.766 bits per heavy atom. The molecule has 7 rings (SSSR count). The highest BCUT2D eigenvalue weighted by atomic mass is 16.7. The molecule has 242 valence electrons. The molecule has 4 aromatic carbocycles. The summed E-state index contributed by atoms with van der Waals surface area (Å²) in [6.45, 7) is -0.0298. The molecule has 1 aromatic heterocycles. The molecular formula is C34H28O13. The number of aliphatic hydroxyl groups is 1. The largest absolute Gasteiger partial charge is 0.508 e. The number of phenolic OH excluding ortho intramolecular Hbond substituents is 4. The third kappa shape index (κ3) is 5.38. The summed E-state index contributed by atoms with van der Waals surface area (Å²) in [5.74, 6) is -1.37. The van der Waals surface area contributed by atoms with E-state index in [0.717, 1.165) is 29.8 Å². The summed E-state index contributed by atoms with van der Waals surface area (Å²) in [6.07, 6.45) is 1.89. The van der Waals surface area contributed by atoms with Crippen LogP contribution in [0.25, 0.3) is 33.9 Å². The summed E-state index contributed by atoms with van der Waals surface area (Å²) in [6, 6.07) is 14.6. The van der Waals surface area contributed by atoms with E-state index in [-0.39, 0.29) is 40.4 Å². The maximum absolute atomic E-state index is 12.1. The maximum atomic E-state index is 12.1. The molecule has 13 heteroatoms. The first kappa shape index (κ1) is 30.8. The normalized spacial score (nSPS) is 15.8. The van der Waals surface area contributed by atoms with Gasteiger partial charge in [-0.1, -0.05) is 0 Å². The minimum atomic E-state index is -1.58. The quantitative estimate of drug-likeness (QED) is 0.147. The fourth-order valence-electron chi connectivity index (χ4n) is 5.25. The van der Waals surface area contributed by atoms with Crippen molar-refractivity contribution >= 4 is 22.6 Å². The SMILES string of the molecule is COc1ccc2c(c1)OC1(O)COc3cc(OC)c(OC)cc3C1=C2.O=c1c(O)c(-c2ccc(O)c(O)c2)oc2cc(O)cc(O)c12. The number of hydrogen-bond donors (Lipinski definition) is 6. The first-order valence-electron chi connectivity index (χ1n) is 13.9. The highest BCUT2D eigenvalue weighted by Gasteiger charge is 2.44. The standard InChI is InChI=1S/C19H18O6.C15H10O7/c1-21-12-5-4-11-6-14-13-8-17(22-2)18(23-3)9-16(13)24-10-19(14,20)25-15(11)7-12;16-7-4-10(19)12-11(5-7)22-15(14(21)13(12)20)6-1-2-8(17)9(18)3-6/h4-9,20H,10H2,1-3H3;1-5,16-19,21H. The lowest BCUT2D eigenvalue weighted by Gasteiger charge is -2.39. The van der Waals surface area contributed by atoms with Crippen LogP contribution in [-0.2, 0) is 0 Å². The van der Waals surface area contributed by atoms with Crippen LogP contribution in [0, 0.1) is 0 Å². The Hall–Kier alpha value is -6.21. The summed E-state index contributed by atoms with van der Waals surface area (Å²) < 4.78 is 32.8. The Kier molecular flexibility index (Phi) is 7.61. The summed E-state index contributed by atoms with van der Waals surface area (Å²) in [7, 11) is 4.71. The van der Waals surface area contributed by atoms with Crippen molar-refractivity contribution in [2.24, 2.45) is 0 Å². The van der Waals surface area contributed by atoms with E-state index in [1.807, 2.05) is 18.2 Å². The molecule has 47 heavy (non-hydrogen) atoms. The number of hydrogen-bond acceptors (Lipinski definition) is 13. The van der Waals surface area contributed by atoms with Crippen molar-refractivity contribution in [3.8, 4) is 68.8 Å². The van der Waals surface area contributed by atoms with Crippen LogP contribution in [0.4, 0.5) is 0 Å². The summed E-state index contributed by atoms with van der Waals surface area (Å²) in [4.78, 5) is 12.1. The molecule has 6 N–H and O–H groups in total. The average molecular weight is 645 g/mol. The molecule has 0 amide bonds. The molecule has 0 radical (unpaired) electrons. The van der Waals surface area contributed by atoms with Gasteiger partial charge < -0.3 is 58.7 Å². The van der Waals surface area contributed by atoms with Crippen molar-refractivity contribution in [3.05, 3.63) is 82.0 Å². The maximum Gasteiger partial charge on any atom is 0.270 e. The second-order valence-electron chi connectivity index (χ2n) is 10.5. The molecule has 0 bridgehead atoms. The predicted molar refractivity (Wildman–Crippen MR) is 168 cm³/mol. The van der Waals surface area contributed by atoms with E-state index in [0.29, 0.717) is 39.9 Å². The molecule has 2 aliphatic heterocycles. The fourth-order valence-corrected chi connectivity index (χ4v) is 5.25. The molecule has 0 saturated heterocycles. The lowest BCUT2D eigenvalue weighted by atomic mass is 9.90. The zero-order valence-corrected chi connectivity index (χ0v) is 25.1. The molecule has 0 spiro atoms. The molecule has 0 fully saturated rings. The predicted octanol–water partition coefficient (Wildman–Crippen LogP) is 4.71. The average Bonchev–Trinajstić information content (AvgIpc) is 3.05. The summed E-state index contributed by atoms with van der Waals surface area (Å²) in [5.41, 5.74) is 1.28. The second-order valence-corrected chi connectivity index (χ2v) is 10.5. The zero-order chi connectivity index (χ0) is 33.6. The Balaban J connectivity index is 0.000000166. The number of fused-ring (bicyclic) bond motifs is 5. The Morgan fingerprint density at radius 3 is 2.21 bits per heavy atom. The van der Waals surface area contributed by atoms with E-state index < -0.39 is 28.5 Å². The number of rotatable bonds is 4. The van der Waals surface area contributed by atoms with Crippen LogP contribution in [-0.4, -0.2) is 64.4 Å². The lowest BCUT2D eigenvalue weighted by molar-refractivity contribution is -0.116. The molecule has 1 unspecified atom stereocenters. The van der Waals surface area contributed by atoms with Gasteiger partial charge in [-0.25, -0.2) is 0 Å². The monoisotopic (exact) mass is 644 g/mol. The van der Waals surface area contributed by atoms with Crippen LogP contribution in [0.3, 0.4) is 0 Å². The molecule has 0 aliphatic carbocycles. The first-order valence-corrected chi connectivity index (χ1v) is 13.9. The van der Waals surface area contributed by atoms with Crippen LogP contribution >= 0.6 is 0 Å². The molecule has 2 aliphatic rings. The topological polar surface area (TPSA) is 198 Å². The number of ether oxygens (including phenoxy) is 5. The third-order valence-corrected chi connectivity index (χ3v) is 7.59. The number of aromatic hydroxyl groups is 5. The van der Waals surface area contributed by atoms with E-state index >= 15 is 0 Å². The second kappa shape index (κ2) is 11.6. The van der Waals surface area contributed by atoms with Crippen molar-refractivity contribution in [3.63, 3.8) is 0 Å². The van der Waals surface area contributed by atoms with Gasteiger partial charge in [-0.3, -0.25) is 4.79 Å². The van der Waals surface area contributed by atoms with E-state index in [1.165, 1.54) is 6.07 Å². The Labute approximate surface area is 265 Å². The summed E-state index contributed by atoms with van der Waals surface area (Å²) in [5, 5.41) is 58.6. The van der Waals surface area contributed by atoms with Gasteiger partial charge in [-0.15, -0.1) is 0 Å². The van der Waals surface area contributed by atoms with E-state index in [4.69, 9.17) is 28.1 Å². The van der Waals surface area contributed by atoms with Crippen LogP contribution in [0.1, 0.15) is 11.1 Å². The molecular weight excluding hydrogens is 616 g/mol. The number of benzene rings is 4. The smallest absolute Gasteiger partial charge is 0.270 e. The molecule has 13 nitrogen and oxygen atoms in total. The van der Waals surface area contributed by atoms with Gasteiger partial charge in [0.2, 0.25) is 11.2 Å². The van der Waals surface area contributed by atoms with E-state index in [2.05, 4.69) is 0 Å². The highest BCUT2D eigenvalue weighted by Crippen LogP contribution is 2.49. The van der Waals surface area contributed by atoms with Crippen molar-refractivity contribution in [1.82, 2.24) is 0 Å². The van der Waals surface area contributed by atoms with E-state index in [9.17, 15) is 35.4 Å². The Morgan fingerprint density at radius 2 is 1.51 bits per heavy atom. The van der Waals surface area contributed by atoms with Crippen LogP contribution in [0.2, 0.25) is 0 Å².